The Kier molecular flexibility index (Phi) is 6.36. The summed E-state index contributed by atoms with van der Waals surface area (Å²) in [6.07, 6.45) is -3.68. The van der Waals surface area contributed by atoms with E-state index >= 15 is 0 Å². The van der Waals surface area contributed by atoms with E-state index in [0.717, 1.165) is 11.1 Å². The molecule has 0 aromatic heterocycles. The lowest BCUT2D eigenvalue weighted by molar-refractivity contribution is -0.366. The summed E-state index contributed by atoms with van der Waals surface area (Å²) in [4.78, 5) is 0. The normalized spacial score (nSPS) is 32.6. The Morgan fingerprint density at radius 3 is 2.39 bits per heavy atom. The van der Waals surface area contributed by atoms with Crippen LogP contribution in [0.15, 0.2) is 60.7 Å². The molecule has 0 spiro atoms. The summed E-state index contributed by atoms with van der Waals surface area (Å²) < 4.78 is 29.7. The number of hydrogen-bond donors (Lipinski definition) is 1. The zero-order chi connectivity index (χ0) is 19.3. The van der Waals surface area contributed by atoms with Crippen LogP contribution in [0.2, 0.25) is 0 Å². The minimum Gasteiger partial charge on any atom is -0.385 e. The molecule has 6 nitrogen and oxygen atoms in total. The predicted molar refractivity (Wildman–Crippen MR) is 101 cm³/mol. The van der Waals surface area contributed by atoms with Crippen molar-refractivity contribution in [2.45, 2.75) is 50.5 Å². The number of rotatable bonds is 6. The maximum Gasteiger partial charge on any atom is 0.186 e. The van der Waals surface area contributed by atoms with Crippen molar-refractivity contribution in [3.63, 3.8) is 0 Å². The number of fused-ring (bicyclic) bond motifs is 1. The molecule has 150 valence electrons. The molecule has 4 rings (SSSR count). The van der Waals surface area contributed by atoms with Gasteiger partial charge in [0, 0.05) is 12.2 Å². The molecule has 6 heteroatoms. The number of hydrogen-bond acceptors (Lipinski definition) is 6. The molecule has 2 saturated heterocycles. The molecule has 6 atom stereocenters. The van der Waals surface area contributed by atoms with E-state index in [1.165, 1.54) is 0 Å². The van der Waals surface area contributed by atoms with Crippen LogP contribution in [0.5, 0.6) is 0 Å². The zero-order valence-corrected chi connectivity index (χ0v) is 15.8. The Morgan fingerprint density at radius 1 is 0.964 bits per heavy atom. The Bertz CT molecular complexity index is 724. The monoisotopic (exact) mass is 386 g/mol. The van der Waals surface area contributed by atoms with Gasteiger partial charge in [-0.15, -0.1) is 0 Å². The van der Waals surface area contributed by atoms with Crippen LogP contribution >= 0.6 is 0 Å². The van der Waals surface area contributed by atoms with Crippen LogP contribution in [0.3, 0.4) is 0 Å². The Hall–Kier alpha value is -1.80. The highest BCUT2D eigenvalue weighted by molar-refractivity contribution is 5.17. The molecule has 28 heavy (non-hydrogen) atoms. The molecule has 0 aliphatic carbocycles. The average Bonchev–Trinajstić information content (AvgIpc) is 2.75. The first kappa shape index (κ1) is 19.5. The van der Waals surface area contributed by atoms with E-state index < -0.39 is 30.9 Å². The van der Waals surface area contributed by atoms with Crippen LogP contribution in [-0.2, 0) is 30.3 Å². The summed E-state index contributed by atoms with van der Waals surface area (Å²) in [6, 6.07) is 19.6. The summed E-state index contributed by atoms with van der Waals surface area (Å²) in [5, 5.41) is 10.8. The van der Waals surface area contributed by atoms with Gasteiger partial charge in [-0.25, -0.2) is 0 Å². The molecular formula is C22H26O6. The van der Waals surface area contributed by atoms with Gasteiger partial charge in [-0.05, 0) is 12.5 Å². The molecule has 2 aromatic rings. The molecule has 0 saturated carbocycles. The maximum absolute atomic E-state index is 10.8. The fourth-order valence-corrected chi connectivity index (χ4v) is 3.60. The van der Waals surface area contributed by atoms with Crippen molar-refractivity contribution < 1.29 is 28.8 Å². The highest BCUT2D eigenvalue weighted by Gasteiger charge is 2.50. The number of ether oxygens (including phenoxy) is 5. The summed E-state index contributed by atoms with van der Waals surface area (Å²) in [6.45, 7) is 3.00. The lowest BCUT2D eigenvalue weighted by atomic mass is 9.97. The van der Waals surface area contributed by atoms with Gasteiger partial charge in [-0.1, -0.05) is 60.7 Å². The molecule has 2 aliphatic heterocycles. The summed E-state index contributed by atoms with van der Waals surface area (Å²) in [5.41, 5.74) is 1.95. The molecule has 1 N–H and O–H groups in total. The number of aliphatic hydroxyl groups is 1. The predicted octanol–water partition coefficient (Wildman–Crippen LogP) is 2.81. The molecule has 0 bridgehead atoms. The third kappa shape index (κ3) is 4.27. The van der Waals surface area contributed by atoms with Crippen LogP contribution in [0.4, 0.5) is 0 Å². The largest absolute Gasteiger partial charge is 0.385 e. The minimum atomic E-state index is -0.959. The quantitative estimate of drug-likeness (QED) is 0.824. The fourth-order valence-electron chi connectivity index (χ4n) is 3.60. The molecule has 1 unspecified atom stereocenters. The Labute approximate surface area is 164 Å². The standard InChI is InChI=1S/C22H26O6/c1-2-24-22-18(23)20(25-13-15-9-5-3-6-10-15)19-17(27-22)14-26-21(28-19)16-11-7-4-8-12-16/h3-12,17-23H,2,13-14H2,1H3/t17-,18-,19-,20-,21?,22+/m1/s1. The van der Waals surface area contributed by atoms with Crippen molar-refractivity contribution in [2.75, 3.05) is 13.2 Å². The van der Waals surface area contributed by atoms with Crippen LogP contribution < -0.4 is 0 Å². The Morgan fingerprint density at radius 2 is 1.68 bits per heavy atom. The fraction of sp³-hybridized carbons (Fsp3) is 0.455. The van der Waals surface area contributed by atoms with E-state index in [9.17, 15) is 5.11 Å². The van der Waals surface area contributed by atoms with Gasteiger partial charge in [0.2, 0.25) is 0 Å². The second-order valence-corrected chi connectivity index (χ2v) is 6.93. The van der Waals surface area contributed by atoms with E-state index in [2.05, 4.69) is 0 Å². The lowest BCUT2D eigenvalue weighted by Gasteiger charge is -2.47. The molecule has 2 heterocycles. The Balaban J connectivity index is 1.52. The van der Waals surface area contributed by atoms with Crippen molar-refractivity contribution in [1.82, 2.24) is 0 Å². The maximum atomic E-state index is 10.8. The van der Waals surface area contributed by atoms with Crippen molar-refractivity contribution in [1.29, 1.82) is 0 Å². The lowest BCUT2D eigenvalue weighted by Crippen LogP contribution is -2.63. The first-order valence-electron chi connectivity index (χ1n) is 9.69. The van der Waals surface area contributed by atoms with Crippen LogP contribution in [0.1, 0.15) is 24.3 Å². The molecule has 2 aromatic carbocycles. The second-order valence-electron chi connectivity index (χ2n) is 6.93. The van der Waals surface area contributed by atoms with Gasteiger partial charge in [-0.3, -0.25) is 0 Å². The smallest absolute Gasteiger partial charge is 0.186 e. The average molecular weight is 386 g/mol. The van der Waals surface area contributed by atoms with Crippen LogP contribution in [-0.4, -0.2) is 49.0 Å². The molecule has 2 fully saturated rings. The molecular weight excluding hydrogens is 360 g/mol. The van der Waals surface area contributed by atoms with Crippen molar-refractivity contribution in [3.8, 4) is 0 Å². The van der Waals surface area contributed by atoms with Crippen molar-refractivity contribution in [3.05, 3.63) is 71.8 Å². The number of aliphatic hydroxyl groups excluding tert-OH is 1. The molecule has 2 aliphatic rings. The highest BCUT2D eigenvalue weighted by atomic mass is 16.8. The third-order valence-corrected chi connectivity index (χ3v) is 5.00. The van der Waals surface area contributed by atoms with Gasteiger partial charge in [0.05, 0.1) is 13.2 Å². The summed E-state index contributed by atoms with van der Waals surface area (Å²) in [5.74, 6) is 0. The van der Waals surface area contributed by atoms with Gasteiger partial charge in [0.1, 0.15) is 24.4 Å². The molecule has 0 amide bonds. The van der Waals surface area contributed by atoms with Crippen molar-refractivity contribution >= 4 is 0 Å². The SMILES string of the molecule is CCO[C@H]1O[C@@H]2COC(c3ccccc3)O[C@H]2[C@H](OCc2ccccc2)[C@H]1O. The minimum absolute atomic E-state index is 0.339. The zero-order valence-electron chi connectivity index (χ0n) is 15.8. The van der Waals surface area contributed by atoms with E-state index in [4.69, 9.17) is 23.7 Å². The summed E-state index contributed by atoms with van der Waals surface area (Å²) in [7, 11) is 0. The van der Waals surface area contributed by atoms with Gasteiger partial charge in [0.15, 0.2) is 12.6 Å². The second kappa shape index (κ2) is 9.13. The first-order valence-corrected chi connectivity index (χ1v) is 9.69. The van der Waals surface area contributed by atoms with E-state index in [1.54, 1.807) is 0 Å². The van der Waals surface area contributed by atoms with Gasteiger partial charge < -0.3 is 28.8 Å². The van der Waals surface area contributed by atoms with E-state index in [0.29, 0.717) is 19.8 Å². The number of benzene rings is 2. The van der Waals surface area contributed by atoms with E-state index in [-0.39, 0.29) is 6.10 Å². The van der Waals surface area contributed by atoms with Crippen molar-refractivity contribution in [2.24, 2.45) is 0 Å². The van der Waals surface area contributed by atoms with Gasteiger partial charge in [0.25, 0.3) is 0 Å². The topological polar surface area (TPSA) is 66.4 Å². The summed E-state index contributed by atoms with van der Waals surface area (Å²) >= 11 is 0. The highest BCUT2D eigenvalue weighted by Crippen LogP contribution is 2.35. The molecule has 0 radical (unpaired) electrons. The van der Waals surface area contributed by atoms with Crippen LogP contribution in [0, 0.1) is 0 Å². The van der Waals surface area contributed by atoms with Crippen LogP contribution in [0.25, 0.3) is 0 Å². The first-order chi connectivity index (χ1) is 13.8. The van der Waals surface area contributed by atoms with Gasteiger partial charge in [-0.2, -0.15) is 0 Å². The van der Waals surface area contributed by atoms with E-state index in [1.807, 2.05) is 67.6 Å². The third-order valence-electron chi connectivity index (χ3n) is 5.00. The van der Waals surface area contributed by atoms with Gasteiger partial charge >= 0.3 is 0 Å².